The molecular formula is C9H12ClNO4. The second-order valence-electron chi connectivity index (χ2n) is 4.08. The van der Waals surface area contributed by atoms with Gasteiger partial charge < -0.3 is 15.2 Å². The lowest BCUT2D eigenvalue weighted by molar-refractivity contribution is -0.224. The molecule has 0 aromatic heterocycles. The topological polar surface area (TPSA) is 75.6 Å². The van der Waals surface area contributed by atoms with Crippen LogP contribution in [0.25, 0.3) is 0 Å². The first-order chi connectivity index (χ1) is 7.02. The van der Waals surface area contributed by atoms with Crippen LogP contribution in [0, 0.1) is 5.92 Å². The highest BCUT2D eigenvalue weighted by Crippen LogP contribution is 2.49. The molecule has 5 nitrogen and oxygen atoms in total. The highest BCUT2D eigenvalue weighted by molar-refractivity contribution is 6.18. The number of ether oxygens (including phenoxy) is 1. The Morgan fingerprint density at radius 1 is 1.60 bits per heavy atom. The smallest absolute Gasteiger partial charge is 0.339 e. The molecule has 0 radical (unpaired) electrons. The number of aliphatic hydroxyl groups excluding tert-OH is 1. The number of halogens is 1. The molecule has 3 unspecified atom stereocenters. The largest absolute Gasteiger partial charge is 0.453 e. The van der Waals surface area contributed by atoms with E-state index < -0.39 is 29.6 Å². The van der Waals surface area contributed by atoms with Crippen molar-refractivity contribution in [2.24, 2.45) is 5.92 Å². The summed E-state index contributed by atoms with van der Waals surface area (Å²) in [7, 11) is 0. The lowest BCUT2D eigenvalue weighted by Gasteiger charge is -2.50. The zero-order valence-corrected chi connectivity index (χ0v) is 9.00. The van der Waals surface area contributed by atoms with Crippen molar-refractivity contribution >= 4 is 23.5 Å². The number of hydrogen-bond donors (Lipinski definition) is 2. The average molecular weight is 234 g/mol. The van der Waals surface area contributed by atoms with Gasteiger partial charge in [0.05, 0.1) is 12.5 Å². The van der Waals surface area contributed by atoms with Crippen LogP contribution in [0.3, 0.4) is 0 Å². The molecule has 2 N–H and O–H groups in total. The van der Waals surface area contributed by atoms with Crippen LogP contribution in [0.1, 0.15) is 13.3 Å². The van der Waals surface area contributed by atoms with Crippen molar-refractivity contribution in [3.05, 3.63) is 0 Å². The molecule has 0 spiro atoms. The van der Waals surface area contributed by atoms with Gasteiger partial charge in [-0.25, -0.2) is 4.79 Å². The van der Waals surface area contributed by atoms with Crippen molar-refractivity contribution in [1.29, 1.82) is 0 Å². The fourth-order valence-corrected chi connectivity index (χ4v) is 2.61. The second kappa shape index (κ2) is 3.09. The molecule has 84 valence electrons. The standard InChI is InChI=1S/C9H12ClNO4/c1-8-5(2-3-10)6(13)11-9(8,4-12)7(14)15-8/h5,12H,2-4H2,1H3,(H,11,13). The van der Waals surface area contributed by atoms with E-state index in [9.17, 15) is 14.7 Å². The molecule has 0 aliphatic carbocycles. The van der Waals surface area contributed by atoms with E-state index in [2.05, 4.69) is 5.32 Å². The summed E-state index contributed by atoms with van der Waals surface area (Å²) in [5.41, 5.74) is -2.20. The van der Waals surface area contributed by atoms with Gasteiger partial charge in [0.1, 0.15) is 0 Å². The van der Waals surface area contributed by atoms with Gasteiger partial charge in [0.2, 0.25) is 11.4 Å². The van der Waals surface area contributed by atoms with Crippen LogP contribution in [0.15, 0.2) is 0 Å². The third-order valence-electron chi connectivity index (χ3n) is 3.45. The minimum atomic E-state index is -1.25. The highest BCUT2D eigenvalue weighted by atomic mass is 35.5. The van der Waals surface area contributed by atoms with Gasteiger partial charge in [0.15, 0.2) is 5.60 Å². The molecule has 2 heterocycles. The summed E-state index contributed by atoms with van der Waals surface area (Å²) in [5, 5.41) is 11.8. The molecule has 0 aromatic carbocycles. The van der Waals surface area contributed by atoms with E-state index in [1.807, 2.05) is 0 Å². The Morgan fingerprint density at radius 2 is 2.27 bits per heavy atom. The Balaban J connectivity index is 2.34. The number of alkyl halides is 1. The van der Waals surface area contributed by atoms with Gasteiger partial charge in [-0.15, -0.1) is 11.6 Å². The van der Waals surface area contributed by atoms with Gasteiger partial charge in [0.25, 0.3) is 0 Å². The molecule has 2 saturated heterocycles. The van der Waals surface area contributed by atoms with E-state index in [0.717, 1.165) is 0 Å². The SMILES string of the molecule is CC12OC(=O)C1(CO)NC(=O)C2CCCl. The number of amides is 1. The molecule has 6 heteroatoms. The Morgan fingerprint density at radius 3 is 2.67 bits per heavy atom. The van der Waals surface area contributed by atoms with Crippen LogP contribution in [-0.4, -0.2) is 40.6 Å². The molecule has 2 aliphatic rings. The summed E-state index contributed by atoms with van der Waals surface area (Å²) in [5.74, 6) is -1.01. The van der Waals surface area contributed by atoms with Crippen molar-refractivity contribution < 1.29 is 19.4 Å². The number of hydrogen-bond acceptors (Lipinski definition) is 4. The first-order valence-electron chi connectivity index (χ1n) is 4.74. The number of esters is 1. The molecule has 1 amide bonds. The average Bonchev–Trinajstić information content (AvgIpc) is 2.36. The Hall–Kier alpha value is -0.810. The molecule has 15 heavy (non-hydrogen) atoms. The summed E-state index contributed by atoms with van der Waals surface area (Å²) in [6.07, 6.45) is 0.429. The van der Waals surface area contributed by atoms with Crippen LogP contribution in [0.5, 0.6) is 0 Å². The normalized spacial score (nSPS) is 43.0. The van der Waals surface area contributed by atoms with E-state index in [4.69, 9.17) is 16.3 Å². The maximum Gasteiger partial charge on any atom is 0.339 e. The van der Waals surface area contributed by atoms with Crippen LogP contribution in [0.4, 0.5) is 0 Å². The van der Waals surface area contributed by atoms with Crippen molar-refractivity contribution in [2.75, 3.05) is 12.5 Å². The minimum absolute atomic E-state index is 0.280. The lowest BCUT2D eigenvalue weighted by atomic mass is 9.71. The third-order valence-corrected chi connectivity index (χ3v) is 3.67. The summed E-state index contributed by atoms with van der Waals surface area (Å²) >= 11 is 5.59. The van der Waals surface area contributed by atoms with Crippen LogP contribution >= 0.6 is 11.6 Å². The van der Waals surface area contributed by atoms with E-state index in [0.29, 0.717) is 12.3 Å². The van der Waals surface area contributed by atoms with Gasteiger partial charge in [-0.1, -0.05) is 0 Å². The summed E-state index contributed by atoms with van der Waals surface area (Å²) < 4.78 is 5.04. The van der Waals surface area contributed by atoms with Crippen LogP contribution < -0.4 is 5.32 Å². The number of aliphatic hydroxyl groups is 1. The van der Waals surface area contributed by atoms with Crippen LogP contribution in [-0.2, 0) is 14.3 Å². The molecule has 3 atom stereocenters. The molecular weight excluding hydrogens is 222 g/mol. The molecule has 2 fully saturated rings. The van der Waals surface area contributed by atoms with Gasteiger partial charge >= 0.3 is 5.97 Å². The Kier molecular flexibility index (Phi) is 2.20. The summed E-state index contributed by atoms with van der Waals surface area (Å²) in [6.45, 7) is 1.21. The fourth-order valence-electron chi connectivity index (χ4n) is 2.39. The summed E-state index contributed by atoms with van der Waals surface area (Å²) in [4.78, 5) is 23.0. The zero-order valence-electron chi connectivity index (χ0n) is 8.25. The molecule has 0 bridgehead atoms. The quantitative estimate of drug-likeness (QED) is 0.505. The fraction of sp³-hybridized carbons (Fsp3) is 0.778. The molecule has 2 aliphatic heterocycles. The van der Waals surface area contributed by atoms with Crippen molar-refractivity contribution in [3.8, 4) is 0 Å². The van der Waals surface area contributed by atoms with E-state index in [1.165, 1.54) is 0 Å². The number of nitrogens with one attached hydrogen (secondary N) is 1. The monoisotopic (exact) mass is 233 g/mol. The van der Waals surface area contributed by atoms with Gasteiger partial charge in [0, 0.05) is 5.88 Å². The molecule has 2 rings (SSSR count). The Labute approximate surface area is 91.7 Å². The Bertz CT molecular complexity index is 334. The second-order valence-corrected chi connectivity index (χ2v) is 4.46. The number of fused-ring (bicyclic) bond motifs is 1. The van der Waals surface area contributed by atoms with Crippen LogP contribution in [0.2, 0.25) is 0 Å². The first kappa shape index (κ1) is 10.7. The van der Waals surface area contributed by atoms with E-state index in [-0.39, 0.29) is 5.91 Å². The predicted octanol–water partition coefficient (Wildman–Crippen LogP) is -0.592. The first-order valence-corrected chi connectivity index (χ1v) is 5.27. The van der Waals surface area contributed by atoms with Crippen molar-refractivity contribution in [1.82, 2.24) is 5.32 Å². The van der Waals surface area contributed by atoms with E-state index >= 15 is 0 Å². The molecule has 0 aromatic rings. The summed E-state index contributed by atoms with van der Waals surface area (Å²) in [6, 6.07) is 0. The van der Waals surface area contributed by atoms with Gasteiger partial charge in [-0.3, -0.25) is 4.79 Å². The lowest BCUT2D eigenvalue weighted by Crippen LogP contribution is -2.76. The van der Waals surface area contributed by atoms with Gasteiger partial charge in [-0.05, 0) is 13.3 Å². The number of carbonyl (C=O) groups excluding carboxylic acids is 2. The highest BCUT2D eigenvalue weighted by Gasteiger charge is 2.75. The third kappa shape index (κ3) is 1.02. The van der Waals surface area contributed by atoms with Gasteiger partial charge in [-0.2, -0.15) is 0 Å². The van der Waals surface area contributed by atoms with E-state index in [1.54, 1.807) is 6.92 Å². The molecule has 0 saturated carbocycles. The minimum Gasteiger partial charge on any atom is -0.453 e. The number of carbonyl (C=O) groups is 2. The van der Waals surface area contributed by atoms with Crippen molar-refractivity contribution in [2.45, 2.75) is 24.5 Å². The van der Waals surface area contributed by atoms with Crippen molar-refractivity contribution in [3.63, 3.8) is 0 Å². The predicted molar refractivity (Wildman–Crippen MR) is 51.3 cm³/mol. The maximum absolute atomic E-state index is 11.6. The zero-order chi connectivity index (χ0) is 11.3. The number of rotatable bonds is 3. The maximum atomic E-state index is 11.6.